The van der Waals surface area contributed by atoms with Crippen LogP contribution >= 0.6 is 0 Å². The Kier molecular flexibility index (Phi) is 2.98. The Morgan fingerprint density at radius 3 is 2.75 bits per heavy atom. The first-order valence-corrected chi connectivity index (χ1v) is 4.64. The third-order valence-electron chi connectivity index (χ3n) is 1.91. The van der Waals surface area contributed by atoms with Crippen LogP contribution < -0.4 is 16.0 Å². The fourth-order valence-corrected chi connectivity index (χ4v) is 1.22. The third kappa shape index (κ3) is 2.46. The highest BCUT2D eigenvalue weighted by Gasteiger charge is 2.00. The van der Waals surface area contributed by atoms with Crippen molar-refractivity contribution in [3.8, 4) is 11.5 Å². The largest absolute Gasteiger partial charge is 0.457 e. The number of hydrogen-bond acceptors (Lipinski definition) is 4. The quantitative estimate of drug-likeness (QED) is 0.614. The van der Waals surface area contributed by atoms with Crippen molar-refractivity contribution in [1.29, 1.82) is 0 Å². The van der Waals surface area contributed by atoms with Crippen molar-refractivity contribution in [1.82, 2.24) is 4.98 Å². The molecule has 0 aliphatic heterocycles. The second-order valence-corrected chi connectivity index (χ2v) is 3.08. The molecule has 82 valence electrons. The fraction of sp³-hybridized carbons (Fsp3) is 0. The maximum Gasteiger partial charge on any atom is 0.143 e. The molecule has 0 saturated carbocycles. The molecule has 0 radical (unpaired) electrons. The lowest BCUT2D eigenvalue weighted by Crippen LogP contribution is -2.08. The summed E-state index contributed by atoms with van der Waals surface area (Å²) in [6.07, 6.45) is 1.55. The van der Waals surface area contributed by atoms with Crippen LogP contribution in [-0.4, -0.2) is 4.98 Å². The Labute approximate surface area is 91.8 Å². The minimum absolute atomic E-state index is 0.344. The Morgan fingerprint density at radius 2 is 2.00 bits per heavy atom. The van der Waals surface area contributed by atoms with E-state index < -0.39 is 0 Å². The Morgan fingerprint density at radius 1 is 1.19 bits per heavy atom. The number of anilines is 1. The van der Waals surface area contributed by atoms with Gasteiger partial charge in [-0.15, -0.1) is 0 Å². The monoisotopic (exact) mass is 219 g/mol. The van der Waals surface area contributed by atoms with Crippen LogP contribution in [0.25, 0.3) is 0 Å². The van der Waals surface area contributed by atoms with Gasteiger partial charge in [0, 0.05) is 18.3 Å². The van der Waals surface area contributed by atoms with Gasteiger partial charge in [0.15, 0.2) is 0 Å². The van der Waals surface area contributed by atoms with Gasteiger partial charge in [0.2, 0.25) is 0 Å². The summed E-state index contributed by atoms with van der Waals surface area (Å²) in [5.74, 6) is 6.31. The number of hydrazine groups is 1. The molecule has 0 atom stereocenters. The van der Waals surface area contributed by atoms with Crippen LogP contribution in [0, 0.1) is 5.82 Å². The SMILES string of the molecule is NNc1cc(Oc2cccc(F)c2)ccn1. The molecule has 2 aromatic rings. The molecule has 1 aromatic heterocycles. The molecule has 0 spiro atoms. The van der Waals surface area contributed by atoms with Gasteiger partial charge >= 0.3 is 0 Å². The van der Waals surface area contributed by atoms with Gasteiger partial charge in [-0.2, -0.15) is 0 Å². The highest BCUT2D eigenvalue weighted by Crippen LogP contribution is 2.22. The molecule has 0 amide bonds. The maximum absolute atomic E-state index is 12.9. The second kappa shape index (κ2) is 4.59. The van der Waals surface area contributed by atoms with E-state index in [0.717, 1.165) is 0 Å². The number of pyridine rings is 1. The summed E-state index contributed by atoms with van der Waals surface area (Å²) in [4.78, 5) is 3.93. The van der Waals surface area contributed by atoms with E-state index in [-0.39, 0.29) is 5.82 Å². The number of nitrogens with zero attached hydrogens (tertiary/aromatic N) is 1. The van der Waals surface area contributed by atoms with Crippen LogP contribution in [0.4, 0.5) is 10.2 Å². The van der Waals surface area contributed by atoms with E-state index in [1.165, 1.54) is 12.1 Å². The van der Waals surface area contributed by atoms with E-state index >= 15 is 0 Å². The number of hydrogen-bond donors (Lipinski definition) is 2. The van der Waals surface area contributed by atoms with Crippen molar-refractivity contribution >= 4 is 5.82 Å². The molecule has 5 heteroatoms. The zero-order valence-corrected chi connectivity index (χ0v) is 8.35. The van der Waals surface area contributed by atoms with Gasteiger partial charge < -0.3 is 10.2 Å². The molecule has 0 aliphatic carbocycles. The number of halogens is 1. The normalized spacial score (nSPS) is 9.88. The second-order valence-electron chi connectivity index (χ2n) is 3.08. The first kappa shape index (κ1) is 10.4. The smallest absolute Gasteiger partial charge is 0.143 e. The Balaban J connectivity index is 2.20. The lowest BCUT2D eigenvalue weighted by atomic mass is 10.3. The van der Waals surface area contributed by atoms with E-state index in [9.17, 15) is 4.39 Å². The topological polar surface area (TPSA) is 60.2 Å². The van der Waals surface area contributed by atoms with Gasteiger partial charge in [0.25, 0.3) is 0 Å². The summed E-state index contributed by atoms with van der Waals surface area (Å²) in [6, 6.07) is 9.17. The van der Waals surface area contributed by atoms with E-state index in [0.29, 0.717) is 17.3 Å². The van der Waals surface area contributed by atoms with E-state index in [2.05, 4.69) is 10.4 Å². The van der Waals surface area contributed by atoms with Crippen LogP contribution in [0.1, 0.15) is 0 Å². The van der Waals surface area contributed by atoms with Gasteiger partial charge in [-0.3, -0.25) is 0 Å². The maximum atomic E-state index is 12.9. The van der Waals surface area contributed by atoms with Gasteiger partial charge in [-0.1, -0.05) is 6.07 Å². The summed E-state index contributed by atoms with van der Waals surface area (Å²) >= 11 is 0. The summed E-state index contributed by atoms with van der Waals surface area (Å²) in [5.41, 5.74) is 2.40. The predicted molar refractivity (Wildman–Crippen MR) is 58.5 cm³/mol. The zero-order valence-electron chi connectivity index (χ0n) is 8.35. The molecule has 2 rings (SSSR count). The summed E-state index contributed by atoms with van der Waals surface area (Å²) < 4.78 is 18.3. The van der Waals surface area contributed by atoms with Crippen molar-refractivity contribution in [2.75, 3.05) is 5.43 Å². The molecular weight excluding hydrogens is 209 g/mol. The van der Waals surface area contributed by atoms with E-state index in [1.54, 1.807) is 30.5 Å². The summed E-state index contributed by atoms with van der Waals surface area (Å²) in [6.45, 7) is 0. The third-order valence-corrected chi connectivity index (χ3v) is 1.91. The van der Waals surface area contributed by atoms with Crippen molar-refractivity contribution in [2.45, 2.75) is 0 Å². The van der Waals surface area contributed by atoms with Crippen LogP contribution in [0.3, 0.4) is 0 Å². The molecule has 0 aliphatic rings. The highest BCUT2D eigenvalue weighted by molar-refractivity contribution is 5.41. The average Bonchev–Trinajstić information content (AvgIpc) is 2.29. The van der Waals surface area contributed by atoms with Crippen molar-refractivity contribution < 1.29 is 9.13 Å². The lowest BCUT2D eigenvalue weighted by molar-refractivity contribution is 0.476. The first-order valence-electron chi connectivity index (χ1n) is 4.64. The van der Waals surface area contributed by atoms with Crippen molar-refractivity contribution in [2.24, 2.45) is 5.84 Å². The highest BCUT2D eigenvalue weighted by atomic mass is 19.1. The Bertz CT molecular complexity index is 490. The Hall–Kier alpha value is -2.14. The number of rotatable bonds is 3. The molecule has 0 unspecified atom stereocenters. The molecule has 0 saturated heterocycles. The van der Waals surface area contributed by atoms with Crippen molar-refractivity contribution in [3.63, 3.8) is 0 Å². The van der Waals surface area contributed by atoms with Gasteiger partial charge in [-0.05, 0) is 18.2 Å². The number of ether oxygens (including phenoxy) is 1. The molecule has 1 heterocycles. The average molecular weight is 219 g/mol. The van der Waals surface area contributed by atoms with Gasteiger partial charge in [-0.25, -0.2) is 15.2 Å². The lowest BCUT2D eigenvalue weighted by Gasteiger charge is -2.06. The van der Waals surface area contributed by atoms with Crippen molar-refractivity contribution in [3.05, 3.63) is 48.4 Å². The van der Waals surface area contributed by atoms with Crippen LogP contribution in [0.2, 0.25) is 0 Å². The van der Waals surface area contributed by atoms with Crippen LogP contribution in [0.15, 0.2) is 42.6 Å². The van der Waals surface area contributed by atoms with Gasteiger partial charge in [0.1, 0.15) is 23.1 Å². The number of aromatic nitrogens is 1. The molecule has 16 heavy (non-hydrogen) atoms. The molecule has 1 aromatic carbocycles. The predicted octanol–water partition coefficient (Wildman–Crippen LogP) is 2.30. The number of nitrogen functional groups attached to an aromatic ring is 1. The summed E-state index contributed by atoms with van der Waals surface area (Å²) in [7, 11) is 0. The summed E-state index contributed by atoms with van der Waals surface area (Å²) in [5, 5.41) is 0. The van der Waals surface area contributed by atoms with Crippen LogP contribution in [0.5, 0.6) is 11.5 Å². The molecule has 0 bridgehead atoms. The van der Waals surface area contributed by atoms with Gasteiger partial charge in [0.05, 0.1) is 0 Å². The zero-order chi connectivity index (χ0) is 11.4. The molecule has 4 nitrogen and oxygen atoms in total. The van der Waals surface area contributed by atoms with E-state index in [1.807, 2.05) is 0 Å². The molecule has 3 N–H and O–H groups in total. The molecule has 0 fully saturated rings. The standard InChI is InChI=1S/C11H10FN3O/c12-8-2-1-3-9(6-8)16-10-4-5-14-11(7-10)15-13/h1-7H,13H2,(H,14,15). The first-order chi connectivity index (χ1) is 7.78. The molecular formula is C11H10FN3O. The number of nitrogens with one attached hydrogen (secondary N) is 1. The minimum Gasteiger partial charge on any atom is -0.457 e. The number of nitrogens with two attached hydrogens (primary N) is 1. The number of benzene rings is 1. The minimum atomic E-state index is -0.344. The van der Waals surface area contributed by atoms with E-state index in [4.69, 9.17) is 10.6 Å². The fourth-order valence-electron chi connectivity index (χ4n) is 1.22. The van der Waals surface area contributed by atoms with Crippen LogP contribution in [-0.2, 0) is 0 Å².